The predicted molar refractivity (Wildman–Crippen MR) is 76.6 cm³/mol. The van der Waals surface area contributed by atoms with Crippen LogP contribution < -0.4 is 16.4 Å². The molecule has 2 unspecified atom stereocenters. The van der Waals surface area contributed by atoms with Crippen LogP contribution in [0.1, 0.15) is 23.7 Å². The summed E-state index contributed by atoms with van der Waals surface area (Å²) in [5.41, 5.74) is 12.9. The summed E-state index contributed by atoms with van der Waals surface area (Å²) in [7, 11) is 0. The maximum absolute atomic E-state index is 11.6. The first kappa shape index (κ1) is 13.4. The summed E-state index contributed by atoms with van der Waals surface area (Å²) < 4.78 is 0.745. The minimum absolute atomic E-state index is 0.241. The van der Waals surface area contributed by atoms with Crippen LogP contribution in [-0.2, 0) is 0 Å². The number of halogens is 1. The third kappa shape index (κ3) is 2.52. The van der Waals surface area contributed by atoms with Crippen molar-refractivity contribution in [2.45, 2.75) is 19.4 Å². The minimum atomic E-state index is -0.403. The third-order valence-electron chi connectivity index (χ3n) is 3.55. The zero-order valence-electron chi connectivity index (χ0n) is 10.4. The van der Waals surface area contributed by atoms with Gasteiger partial charge in [0.1, 0.15) is 0 Å². The third-order valence-corrected chi connectivity index (χ3v) is 4.21. The van der Waals surface area contributed by atoms with E-state index < -0.39 is 5.91 Å². The number of hydrogen-bond donors (Lipinski definition) is 2. The standard InChI is InChI=1S/C13H18BrN3O/c1-8-7-17(6-5-10(8)15)11-4-2-3-9(14)12(11)13(16)18/h2-4,8,10H,5-7,15H2,1H3,(H2,16,18). The quantitative estimate of drug-likeness (QED) is 0.873. The van der Waals surface area contributed by atoms with Crippen molar-refractivity contribution in [1.82, 2.24) is 0 Å². The Bertz CT molecular complexity index is 464. The largest absolute Gasteiger partial charge is 0.370 e. The Morgan fingerprint density at radius 1 is 1.50 bits per heavy atom. The van der Waals surface area contributed by atoms with Crippen LogP contribution >= 0.6 is 15.9 Å². The molecule has 1 amide bonds. The lowest BCUT2D eigenvalue weighted by molar-refractivity contribution is 0.1000. The zero-order valence-corrected chi connectivity index (χ0v) is 12.0. The smallest absolute Gasteiger partial charge is 0.251 e. The van der Waals surface area contributed by atoms with Crippen molar-refractivity contribution >= 4 is 27.5 Å². The highest BCUT2D eigenvalue weighted by Crippen LogP contribution is 2.30. The number of primary amides is 1. The average molecular weight is 312 g/mol. The van der Waals surface area contributed by atoms with E-state index in [2.05, 4.69) is 27.8 Å². The SMILES string of the molecule is CC1CN(c2cccc(Br)c2C(N)=O)CCC1N. The molecule has 1 aliphatic heterocycles. The summed E-state index contributed by atoms with van der Waals surface area (Å²) in [5, 5.41) is 0. The number of rotatable bonds is 2. The molecule has 0 radical (unpaired) electrons. The van der Waals surface area contributed by atoms with Crippen molar-refractivity contribution in [1.29, 1.82) is 0 Å². The van der Waals surface area contributed by atoms with Crippen LogP contribution in [0.3, 0.4) is 0 Å². The van der Waals surface area contributed by atoms with Crippen molar-refractivity contribution in [3.63, 3.8) is 0 Å². The van der Waals surface area contributed by atoms with E-state index in [9.17, 15) is 4.79 Å². The molecule has 1 fully saturated rings. The molecule has 4 nitrogen and oxygen atoms in total. The van der Waals surface area contributed by atoms with Gasteiger partial charge in [0.2, 0.25) is 0 Å². The van der Waals surface area contributed by atoms with E-state index in [0.717, 1.165) is 29.7 Å². The maximum Gasteiger partial charge on any atom is 0.251 e. The second-order valence-electron chi connectivity index (χ2n) is 4.87. The molecule has 0 aromatic heterocycles. The van der Waals surface area contributed by atoms with E-state index in [4.69, 9.17) is 11.5 Å². The second-order valence-corrected chi connectivity index (χ2v) is 5.73. The van der Waals surface area contributed by atoms with Gasteiger partial charge in [-0.25, -0.2) is 0 Å². The number of piperidine rings is 1. The van der Waals surface area contributed by atoms with Gasteiger partial charge in [-0.1, -0.05) is 13.0 Å². The molecule has 2 atom stereocenters. The molecule has 1 heterocycles. The van der Waals surface area contributed by atoms with Crippen LogP contribution in [0.15, 0.2) is 22.7 Å². The van der Waals surface area contributed by atoms with Crippen LogP contribution in [-0.4, -0.2) is 25.0 Å². The van der Waals surface area contributed by atoms with Gasteiger partial charge in [-0.15, -0.1) is 0 Å². The van der Waals surface area contributed by atoms with Gasteiger partial charge in [0.05, 0.1) is 11.3 Å². The summed E-state index contributed by atoms with van der Waals surface area (Å²) in [5.74, 6) is 0.0125. The van der Waals surface area contributed by atoms with E-state index in [1.165, 1.54) is 0 Å². The molecule has 1 saturated heterocycles. The lowest BCUT2D eigenvalue weighted by Gasteiger charge is -2.37. The van der Waals surface area contributed by atoms with Crippen molar-refractivity contribution in [3.8, 4) is 0 Å². The predicted octanol–water partition coefficient (Wildman–Crippen LogP) is 1.72. The monoisotopic (exact) mass is 311 g/mol. The molecular weight excluding hydrogens is 294 g/mol. The van der Waals surface area contributed by atoms with Gasteiger partial charge in [0.15, 0.2) is 0 Å². The molecular formula is C13H18BrN3O. The molecule has 0 saturated carbocycles. The minimum Gasteiger partial charge on any atom is -0.370 e. The highest BCUT2D eigenvalue weighted by atomic mass is 79.9. The van der Waals surface area contributed by atoms with Crippen LogP contribution in [0.4, 0.5) is 5.69 Å². The summed E-state index contributed by atoms with van der Waals surface area (Å²) in [4.78, 5) is 13.8. The summed E-state index contributed by atoms with van der Waals surface area (Å²) >= 11 is 3.39. The number of nitrogens with two attached hydrogens (primary N) is 2. The lowest BCUT2D eigenvalue weighted by Crippen LogP contribution is -2.46. The van der Waals surface area contributed by atoms with E-state index in [1.807, 2.05) is 18.2 Å². The van der Waals surface area contributed by atoms with Crippen LogP contribution in [0.2, 0.25) is 0 Å². The Labute approximate surface area is 115 Å². The lowest BCUT2D eigenvalue weighted by atomic mass is 9.94. The second kappa shape index (κ2) is 5.28. The summed E-state index contributed by atoms with van der Waals surface area (Å²) in [6.45, 7) is 3.86. The Balaban J connectivity index is 2.34. The van der Waals surface area contributed by atoms with Crippen molar-refractivity contribution in [2.75, 3.05) is 18.0 Å². The molecule has 1 aliphatic rings. The Kier molecular flexibility index (Phi) is 3.92. The zero-order chi connectivity index (χ0) is 13.3. The van der Waals surface area contributed by atoms with Gasteiger partial charge in [-0.2, -0.15) is 0 Å². The molecule has 4 N–H and O–H groups in total. The molecule has 0 spiro atoms. The van der Waals surface area contributed by atoms with E-state index in [-0.39, 0.29) is 6.04 Å². The summed E-state index contributed by atoms with van der Waals surface area (Å²) in [6, 6.07) is 5.94. The fourth-order valence-electron chi connectivity index (χ4n) is 2.40. The first-order valence-corrected chi connectivity index (χ1v) is 6.89. The number of anilines is 1. The van der Waals surface area contributed by atoms with Gasteiger partial charge < -0.3 is 16.4 Å². The first-order valence-electron chi connectivity index (χ1n) is 6.09. The number of amides is 1. The van der Waals surface area contributed by atoms with Crippen LogP contribution in [0.25, 0.3) is 0 Å². The highest BCUT2D eigenvalue weighted by molar-refractivity contribution is 9.10. The van der Waals surface area contributed by atoms with E-state index >= 15 is 0 Å². The molecule has 0 aliphatic carbocycles. The van der Waals surface area contributed by atoms with E-state index in [0.29, 0.717) is 11.5 Å². The topological polar surface area (TPSA) is 72.3 Å². The maximum atomic E-state index is 11.6. The fourth-order valence-corrected chi connectivity index (χ4v) is 2.95. The molecule has 0 bridgehead atoms. The Hall–Kier alpha value is -1.07. The van der Waals surface area contributed by atoms with Gasteiger partial charge in [0, 0.05) is 23.6 Å². The molecule has 2 rings (SSSR count). The van der Waals surface area contributed by atoms with Gasteiger partial charge in [-0.3, -0.25) is 4.79 Å². The Morgan fingerprint density at radius 2 is 2.22 bits per heavy atom. The Morgan fingerprint density at radius 3 is 2.83 bits per heavy atom. The number of nitrogens with zero attached hydrogens (tertiary/aromatic N) is 1. The average Bonchev–Trinajstić information content (AvgIpc) is 2.32. The first-order chi connectivity index (χ1) is 8.50. The van der Waals surface area contributed by atoms with Gasteiger partial charge in [0.25, 0.3) is 5.91 Å². The van der Waals surface area contributed by atoms with Crippen molar-refractivity contribution < 1.29 is 4.79 Å². The number of hydrogen-bond acceptors (Lipinski definition) is 3. The van der Waals surface area contributed by atoms with Crippen LogP contribution in [0, 0.1) is 5.92 Å². The van der Waals surface area contributed by atoms with Gasteiger partial charge >= 0.3 is 0 Å². The number of carbonyl (C=O) groups excluding carboxylic acids is 1. The normalized spacial score (nSPS) is 24.1. The van der Waals surface area contributed by atoms with Crippen molar-refractivity contribution in [2.24, 2.45) is 17.4 Å². The summed E-state index contributed by atoms with van der Waals surface area (Å²) in [6.07, 6.45) is 0.936. The molecule has 18 heavy (non-hydrogen) atoms. The number of carbonyl (C=O) groups is 1. The molecule has 1 aromatic carbocycles. The molecule has 1 aromatic rings. The van der Waals surface area contributed by atoms with Crippen LogP contribution in [0.5, 0.6) is 0 Å². The van der Waals surface area contributed by atoms with Gasteiger partial charge in [-0.05, 0) is 40.4 Å². The number of benzene rings is 1. The van der Waals surface area contributed by atoms with E-state index in [1.54, 1.807) is 0 Å². The molecule has 98 valence electrons. The highest BCUT2D eigenvalue weighted by Gasteiger charge is 2.26. The molecule has 5 heteroatoms. The van der Waals surface area contributed by atoms with Crippen molar-refractivity contribution in [3.05, 3.63) is 28.2 Å². The fraction of sp³-hybridized carbons (Fsp3) is 0.462.